The van der Waals surface area contributed by atoms with Crippen LogP contribution >= 0.6 is 0 Å². The van der Waals surface area contributed by atoms with E-state index in [2.05, 4.69) is 10.1 Å². The molecule has 0 saturated carbocycles. The van der Waals surface area contributed by atoms with Crippen LogP contribution in [0.5, 0.6) is 0 Å². The topological polar surface area (TPSA) is 75.7 Å². The minimum atomic E-state index is -1.01. The van der Waals surface area contributed by atoms with E-state index in [0.29, 0.717) is 0 Å². The van der Waals surface area contributed by atoms with E-state index in [1.54, 1.807) is 14.1 Å². The maximum absolute atomic E-state index is 11.2. The first-order valence-electron chi connectivity index (χ1n) is 4.00. The van der Waals surface area contributed by atoms with E-state index < -0.39 is 17.9 Å². The van der Waals surface area contributed by atoms with Gasteiger partial charge in [-0.15, -0.1) is 0 Å². The average molecular weight is 202 g/mol. The van der Waals surface area contributed by atoms with Crippen LogP contribution in [0.15, 0.2) is 0 Å². The molecule has 80 valence electrons. The van der Waals surface area contributed by atoms with Gasteiger partial charge in [0.2, 0.25) is 5.91 Å². The van der Waals surface area contributed by atoms with Gasteiger partial charge in [-0.05, 0) is 6.92 Å². The zero-order valence-electron chi connectivity index (χ0n) is 8.66. The van der Waals surface area contributed by atoms with E-state index in [0.717, 1.165) is 7.11 Å². The standard InChI is InChI=1S/C8H14N2O4/c1-5(7(12)10(2)3)9-6(11)8(13)14-4/h5H,1-4H3,(H,9,11). The van der Waals surface area contributed by atoms with Crippen LogP contribution in [0.1, 0.15) is 6.92 Å². The smallest absolute Gasteiger partial charge is 0.396 e. The Balaban J connectivity index is 4.19. The molecular formula is C8H14N2O4. The van der Waals surface area contributed by atoms with Crippen LogP contribution in [0, 0.1) is 0 Å². The van der Waals surface area contributed by atoms with Crippen molar-refractivity contribution in [1.82, 2.24) is 10.2 Å². The fraction of sp³-hybridized carbons (Fsp3) is 0.625. The molecule has 0 aromatic carbocycles. The maximum atomic E-state index is 11.2. The van der Waals surface area contributed by atoms with Crippen molar-refractivity contribution in [3.8, 4) is 0 Å². The molecule has 14 heavy (non-hydrogen) atoms. The second-order valence-electron chi connectivity index (χ2n) is 2.92. The van der Waals surface area contributed by atoms with E-state index in [9.17, 15) is 14.4 Å². The van der Waals surface area contributed by atoms with Gasteiger partial charge in [0.05, 0.1) is 7.11 Å². The molecule has 1 unspecified atom stereocenters. The molecule has 0 radical (unpaired) electrons. The Morgan fingerprint density at radius 2 is 1.79 bits per heavy atom. The molecule has 6 heteroatoms. The summed E-state index contributed by atoms with van der Waals surface area (Å²) in [7, 11) is 4.21. The summed E-state index contributed by atoms with van der Waals surface area (Å²) in [4.78, 5) is 34.2. The van der Waals surface area contributed by atoms with Crippen LogP contribution in [0.4, 0.5) is 0 Å². The number of likely N-dealkylation sites (N-methyl/N-ethyl adjacent to an activating group) is 1. The third-order valence-electron chi connectivity index (χ3n) is 1.53. The molecular weight excluding hydrogens is 188 g/mol. The number of nitrogens with one attached hydrogen (secondary N) is 1. The van der Waals surface area contributed by atoms with Gasteiger partial charge in [-0.3, -0.25) is 9.59 Å². The van der Waals surface area contributed by atoms with E-state index in [4.69, 9.17) is 0 Å². The lowest BCUT2D eigenvalue weighted by atomic mass is 10.3. The molecule has 1 N–H and O–H groups in total. The first kappa shape index (κ1) is 12.4. The minimum Gasteiger partial charge on any atom is -0.462 e. The highest BCUT2D eigenvalue weighted by Gasteiger charge is 2.21. The van der Waals surface area contributed by atoms with Crippen LogP contribution in [0.3, 0.4) is 0 Å². The highest BCUT2D eigenvalue weighted by Crippen LogP contribution is 1.89. The summed E-state index contributed by atoms with van der Waals surface area (Å²) >= 11 is 0. The predicted octanol–water partition coefficient (Wildman–Crippen LogP) is -1.25. The molecule has 0 fully saturated rings. The lowest BCUT2D eigenvalue weighted by molar-refractivity contribution is -0.153. The van der Waals surface area contributed by atoms with Gasteiger partial charge in [0, 0.05) is 14.1 Å². The quantitative estimate of drug-likeness (QED) is 0.448. The maximum Gasteiger partial charge on any atom is 0.396 e. The second-order valence-corrected chi connectivity index (χ2v) is 2.92. The highest BCUT2D eigenvalue weighted by atomic mass is 16.5. The largest absolute Gasteiger partial charge is 0.462 e. The molecule has 1 atom stereocenters. The molecule has 0 aromatic rings. The van der Waals surface area contributed by atoms with Gasteiger partial charge >= 0.3 is 11.9 Å². The van der Waals surface area contributed by atoms with E-state index in [-0.39, 0.29) is 5.91 Å². The zero-order valence-corrected chi connectivity index (χ0v) is 8.66. The van der Waals surface area contributed by atoms with Crippen molar-refractivity contribution in [3.05, 3.63) is 0 Å². The van der Waals surface area contributed by atoms with Crippen LogP contribution in [-0.2, 0) is 19.1 Å². The summed E-state index contributed by atoms with van der Waals surface area (Å²) in [6, 6.07) is -0.739. The van der Waals surface area contributed by atoms with Crippen molar-refractivity contribution in [1.29, 1.82) is 0 Å². The monoisotopic (exact) mass is 202 g/mol. The molecule has 0 bridgehead atoms. The highest BCUT2D eigenvalue weighted by molar-refractivity contribution is 6.32. The number of amides is 2. The van der Waals surface area contributed by atoms with Crippen molar-refractivity contribution in [2.75, 3.05) is 21.2 Å². The Bertz CT molecular complexity index is 250. The van der Waals surface area contributed by atoms with Gasteiger partial charge in [-0.1, -0.05) is 0 Å². The third kappa shape index (κ3) is 3.42. The normalized spacial score (nSPS) is 11.4. The number of esters is 1. The summed E-state index contributed by atoms with van der Waals surface area (Å²) in [6.45, 7) is 1.49. The van der Waals surface area contributed by atoms with Crippen LogP contribution < -0.4 is 5.32 Å². The number of nitrogens with zero attached hydrogens (tertiary/aromatic N) is 1. The Kier molecular flexibility index (Phi) is 4.62. The van der Waals surface area contributed by atoms with E-state index in [1.807, 2.05) is 0 Å². The van der Waals surface area contributed by atoms with E-state index in [1.165, 1.54) is 11.8 Å². The first-order chi connectivity index (χ1) is 6.40. The molecule has 0 rings (SSSR count). The summed E-state index contributed by atoms with van der Waals surface area (Å²) in [5.41, 5.74) is 0. The van der Waals surface area contributed by atoms with Crippen molar-refractivity contribution in [2.45, 2.75) is 13.0 Å². The summed E-state index contributed by atoms with van der Waals surface area (Å²) in [5.74, 6) is -2.22. The molecule has 6 nitrogen and oxygen atoms in total. The molecule has 0 aliphatic carbocycles. The zero-order chi connectivity index (χ0) is 11.3. The Morgan fingerprint density at radius 1 is 1.29 bits per heavy atom. The second kappa shape index (κ2) is 5.21. The molecule has 0 heterocycles. The van der Waals surface area contributed by atoms with Crippen molar-refractivity contribution >= 4 is 17.8 Å². The van der Waals surface area contributed by atoms with Gasteiger partial charge in [-0.2, -0.15) is 0 Å². The predicted molar refractivity (Wildman–Crippen MR) is 48.3 cm³/mol. The Labute approximate surface area is 82.2 Å². The van der Waals surface area contributed by atoms with Crippen LogP contribution in [-0.4, -0.2) is 49.9 Å². The summed E-state index contributed by atoms with van der Waals surface area (Å²) < 4.78 is 4.18. The number of carbonyl (C=O) groups excluding carboxylic acids is 3. The number of methoxy groups -OCH3 is 1. The number of hydrogen-bond acceptors (Lipinski definition) is 4. The van der Waals surface area contributed by atoms with Gasteiger partial charge < -0.3 is 15.0 Å². The van der Waals surface area contributed by atoms with Gasteiger partial charge in [0.25, 0.3) is 0 Å². The van der Waals surface area contributed by atoms with Gasteiger partial charge in [0.15, 0.2) is 0 Å². The first-order valence-corrected chi connectivity index (χ1v) is 4.00. The third-order valence-corrected chi connectivity index (χ3v) is 1.53. The number of rotatable bonds is 2. The Morgan fingerprint density at radius 3 is 2.14 bits per heavy atom. The fourth-order valence-electron chi connectivity index (χ4n) is 0.797. The molecule has 2 amide bonds. The number of ether oxygens (including phenoxy) is 1. The summed E-state index contributed by atoms with van der Waals surface area (Å²) in [6.07, 6.45) is 0. The molecule has 0 saturated heterocycles. The van der Waals surface area contributed by atoms with E-state index >= 15 is 0 Å². The fourth-order valence-corrected chi connectivity index (χ4v) is 0.797. The minimum absolute atomic E-state index is 0.290. The van der Waals surface area contributed by atoms with Gasteiger partial charge in [0.1, 0.15) is 6.04 Å². The number of carbonyl (C=O) groups is 3. The Hall–Kier alpha value is -1.59. The molecule has 0 aliphatic heterocycles. The molecule has 0 aromatic heterocycles. The van der Waals surface area contributed by atoms with Crippen molar-refractivity contribution in [3.63, 3.8) is 0 Å². The van der Waals surface area contributed by atoms with Crippen molar-refractivity contribution < 1.29 is 19.1 Å². The van der Waals surface area contributed by atoms with Crippen LogP contribution in [0.2, 0.25) is 0 Å². The summed E-state index contributed by atoms with van der Waals surface area (Å²) in [5, 5.41) is 2.21. The van der Waals surface area contributed by atoms with Crippen LogP contribution in [0.25, 0.3) is 0 Å². The SMILES string of the molecule is COC(=O)C(=O)NC(C)C(=O)N(C)C. The molecule has 0 aliphatic rings. The lowest BCUT2D eigenvalue weighted by Gasteiger charge is -2.17. The van der Waals surface area contributed by atoms with Gasteiger partial charge in [-0.25, -0.2) is 4.79 Å². The lowest BCUT2D eigenvalue weighted by Crippen LogP contribution is -2.46. The molecule has 0 spiro atoms. The van der Waals surface area contributed by atoms with Crippen molar-refractivity contribution in [2.24, 2.45) is 0 Å². The number of hydrogen-bond donors (Lipinski definition) is 1. The average Bonchev–Trinajstić information content (AvgIpc) is 2.14.